The first kappa shape index (κ1) is 13.2. The molecule has 1 aromatic carbocycles. The van der Waals surface area contributed by atoms with E-state index in [0.29, 0.717) is 18.5 Å². The highest BCUT2D eigenvalue weighted by Gasteiger charge is 2.09. The van der Waals surface area contributed by atoms with E-state index in [-0.39, 0.29) is 10.8 Å². The number of carbonyl (C=O) groups excluding carboxylic acids is 1. The number of amides is 1. The number of hydrogen-bond donors (Lipinski definition) is 2. The molecule has 6 heteroatoms. The second-order valence-corrected chi connectivity index (χ2v) is 4.84. The van der Waals surface area contributed by atoms with Crippen LogP contribution in [0.3, 0.4) is 0 Å². The molecule has 0 saturated carbocycles. The predicted octanol–water partition coefficient (Wildman–Crippen LogP) is 0.0871. The van der Waals surface area contributed by atoms with Crippen LogP contribution in [0.15, 0.2) is 29.2 Å². The second kappa shape index (κ2) is 5.48. The van der Waals surface area contributed by atoms with Gasteiger partial charge in [-0.3, -0.25) is 4.79 Å². The number of sulfonamides is 1. The van der Waals surface area contributed by atoms with Gasteiger partial charge in [-0.25, -0.2) is 13.6 Å². The zero-order valence-electron chi connectivity index (χ0n) is 9.01. The van der Waals surface area contributed by atoms with Crippen molar-refractivity contribution in [2.45, 2.75) is 11.3 Å². The Morgan fingerprint density at radius 2 is 1.94 bits per heavy atom. The number of primary sulfonamides is 1. The van der Waals surface area contributed by atoms with E-state index in [1.54, 1.807) is 0 Å². The van der Waals surface area contributed by atoms with Crippen LogP contribution < -0.4 is 10.5 Å². The van der Waals surface area contributed by atoms with Gasteiger partial charge in [0.15, 0.2) is 0 Å². The number of benzene rings is 1. The Hall–Kier alpha value is -1.84. The van der Waals surface area contributed by atoms with Gasteiger partial charge in [-0.1, -0.05) is 0 Å². The Balaban J connectivity index is 2.75. The van der Waals surface area contributed by atoms with Crippen molar-refractivity contribution in [2.75, 3.05) is 6.54 Å². The van der Waals surface area contributed by atoms with Gasteiger partial charge in [0.05, 0.1) is 4.90 Å². The number of nitrogens with two attached hydrogens (primary N) is 1. The molecular formula is C11H12N2O3S. The van der Waals surface area contributed by atoms with Crippen molar-refractivity contribution in [3.05, 3.63) is 29.8 Å². The molecule has 3 N–H and O–H groups in total. The van der Waals surface area contributed by atoms with Crippen LogP contribution >= 0.6 is 0 Å². The fourth-order valence-corrected chi connectivity index (χ4v) is 1.66. The minimum atomic E-state index is -3.72. The highest BCUT2D eigenvalue weighted by molar-refractivity contribution is 7.89. The van der Waals surface area contributed by atoms with Crippen molar-refractivity contribution < 1.29 is 13.2 Å². The van der Waals surface area contributed by atoms with Crippen LogP contribution in [0.2, 0.25) is 0 Å². The van der Waals surface area contributed by atoms with Crippen molar-refractivity contribution in [2.24, 2.45) is 5.14 Å². The third kappa shape index (κ3) is 3.90. The molecule has 0 bridgehead atoms. The molecule has 0 aromatic heterocycles. The van der Waals surface area contributed by atoms with Crippen molar-refractivity contribution >= 4 is 15.9 Å². The Labute approximate surface area is 100 Å². The largest absolute Gasteiger partial charge is 0.351 e. The molecule has 5 nitrogen and oxygen atoms in total. The molecule has 0 aliphatic rings. The van der Waals surface area contributed by atoms with E-state index in [2.05, 4.69) is 11.2 Å². The lowest BCUT2D eigenvalue weighted by atomic mass is 10.2. The van der Waals surface area contributed by atoms with Gasteiger partial charge in [0, 0.05) is 18.5 Å². The van der Waals surface area contributed by atoms with E-state index in [1.165, 1.54) is 24.3 Å². The van der Waals surface area contributed by atoms with Gasteiger partial charge in [-0.05, 0) is 24.3 Å². The topological polar surface area (TPSA) is 89.3 Å². The fourth-order valence-electron chi connectivity index (χ4n) is 1.15. The molecule has 0 heterocycles. The number of rotatable bonds is 4. The van der Waals surface area contributed by atoms with E-state index in [0.717, 1.165) is 0 Å². The van der Waals surface area contributed by atoms with Gasteiger partial charge >= 0.3 is 0 Å². The predicted molar refractivity (Wildman–Crippen MR) is 63.6 cm³/mol. The maximum atomic E-state index is 11.5. The van der Waals surface area contributed by atoms with Gasteiger partial charge in [0.1, 0.15) is 0 Å². The molecule has 0 aliphatic heterocycles. The molecular weight excluding hydrogens is 240 g/mol. The monoisotopic (exact) mass is 252 g/mol. The highest BCUT2D eigenvalue weighted by Crippen LogP contribution is 2.08. The smallest absolute Gasteiger partial charge is 0.251 e. The van der Waals surface area contributed by atoms with E-state index >= 15 is 0 Å². The van der Waals surface area contributed by atoms with E-state index < -0.39 is 10.0 Å². The van der Waals surface area contributed by atoms with Crippen molar-refractivity contribution in [3.8, 4) is 12.3 Å². The van der Waals surface area contributed by atoms with Crippen molar-refractivity contribution in [1.29, 1.82) is 0 Å². The molecule has 90 valence electrons. The maximum Gasteiger partial charge on any atom is 0.251 e. The van der Waals surface area contributed by atoms with Crippen LogP contribution in [0.1, 0.15) is 16.8 Å². The molecule has 1 amide bonds. The third-order valence-corrected chi connectivity index (χ3v) is 2.93. The molecule has 0 atom stereocenters. The average Bonchev–Trinajstić information content (AvgIpc) is 2.28. The van der Waals surface area contributed by atoms with E-state index in [1.807, 2.05) is 0 Å². The van der Waals surface area contributed by atoms with Crippen LogP contribution in [0.5, 0.6) is 0 Å². The molecule has 17 heavy (non-hydrogen) atoms. The summed E-state index contributed by atoms with van der Waals surface area (Å²) < 4.78 is 22.0. The Morgan fingerprint density at radius 1 is 1.35 bits per heavy atom. The molecule has 0 unspecified atom stereocenters. The standard InChI is InChI=1S/C11H12N2O3S/c1-2-3-8-13-11(14)9-4-6-10(7-5-9)17(12,15)16/h1,4-7H,3,8H2,(H,13,14)(H2,12,15,16). The van der Waals surface area contributed by atoms with Gasteiger partial charge < -0.3 is 5.32 Å². The molecule has 1 rings (SSSR count). The summed E-state index contributed by atoms with van der Waals surface area (Å²) in [6, 6.07) is 5.35. The van der Waals surface area contributed by atoms with Crippen LogP contribution in [0.25, 0.3) is 0 Å². The lowest BCUT2D eigenvalue weighted by Gasteiger charge is -2.03. The summed E-state index contributed by atoms with van der Waals surface area (Å²) in [6.07, 6.45) is 5.48. The molecule has 0 spiro atoms. The van der Waals surface area contributed by atoms with Gasteiger partial charge in [0.25, 0.3) is 5.91 Å². The summed E-state index contributed by atoms with van der Waals surface area (Å²) >= 11 is 0. The molecule has 1 aromatic rings. The molecule has 0 aliphatic carbocycles. The Kier molecular flexibility index (Phi) is 4.26. The van der Waals surface area contributed by atoms with Crippen LogP contribution in [0.4, 0.5) is 0 Å². The Morgan fingerprint density at radius 3 is 2.41 bits per heavy atom. The first-order chi connectivity index (χ1) is 7.95. The summed E-state index contributed by atoms with van der Waals surface area (Å²) in [4.78, 5) is 11.5. The van der Waals surface area contributed by atoms with Gasteiger partial charge in [-0.15, -0.1) is 12.3 Å². The zero-order chi connectivity index (χ0) is 12.9. The number of nitrogens with one attached hydrogen (secondary N) is 1. The molecule has 0 radical (unpaired) electrons. The van der Waals surface area contributed by atoms with Crippen LogP contribution in [0, 0.1) is 12.3 Å². The summed E-state index contributed by atoms with van der Waals surface area (Å²) in [7, 11) is -3.72. The first-order valence-corrected chi connectivity index (χ1v) is 6.34. The summed E-state index contributed by atoms with van der Waals surface area (Å²) in [5.74, 6) is 2.09. The maximum absolute atomic E-state index is 11.5. The summed E-state index contributed by atoms with van der Waals surface area (Å²) in [6.45, 7) is 0.381. The minimum Gasteiger partial charge on any atom is -0.351 e. The Bertz CT molecular complexity index is 541. The number of terminal acetylenes is 1. The molecule has 0 saturated heterocycles. The fraction of sp³-hybridized carbons (Fsp3) is 0.182. The number of carbonyl (C=O) groups is 1. The normalized spacial score (nSPS) is 10.6. The SMILES string of the molecule is C#CCCNC(=O)c1ccc(S(N)(=O)=O)cc1. The minimum absolute atomic E-state index is 0.0299. The van der Waals surface area contributed by atoms with Gasteiger partial charge in [0.2, 0.25) is 10.0 Å². The van der Waals surface area contributed by atoms with E-state index in [4.69, 9.17) is 11.6 Å². The lowest BCUT2D eigenvalue weighted by molar-refractivity contribution is 0.0954. The van der Waals surface area contributed by atoms with E-state index in [9.17, 15) is 13.2 Å². The van der Waals surface area contributed by atoms with Crippen LogP contribution in [-0.2, 0) is 10.0 Å². The van der Waals surface area contributed by atoms with Gasteiger partial charge in [-0.2, -0.15) is 0 Å². The van der Waals surface area contributed by atoms with Crippen molar-refractivity contribution in [1.82, 2.24) is 5.32 Å². The lowest BCUT2D eigenvalue weighted by Crippen LogP contribution is -2.24. The first-order valence-electron chi connectivity index (χ1n) is 4.79. The second-order valence-electron chi connectivity index (χ2n) is 3.28. The average molecular weight is 252 g/mol. The molecule has 0 fully saturated rings. The van der Waals surface area contributed by atoms with Crippen LogP contribution in [-0.4, -0.2) is 20.9 Å². The summed E-state index contributed by atoms with van der Waals surface area (Å²) in [5.41, 5.74) is 0.356. The number of hydrogen-bond acceptors (Lipinski definition) is 3. The third-order valence-electron chi connectivity index (χ3n) is 2.00. The zero-order valence-corrected chi connectivity index (χ0v) is 9.83. The highest BCUT2D eigenvalue weighted by atomic mass is 32.2. The quantitative estimate of drug-likeness (QED) is 0.587. The summed E-state index contributed by atoms with van der Waals surface area (Å²) in [5, 5.41) is 7.53. The van der Waals surface area contributed by atoms with Crippen molar-refractivity contribution in [3.63, 3.8) is 0 Å².